The lowest BCUT2D eigenvalue weighted by Crippen LogP contribution is -2.37. The predicted molar refractivity (Wildman–Crippen MR) is 106 cm³/mol. The number of hydrogen-bond donors (Lipinski definition) is 1. The summed E-state index contributed by atoms with van der Waals surface area (Å²) in [6.07, 6.45) is -3.13. The van der Waals surface area contributed by atoms with E-state index in [4.69, 9.17) is 28.3 Å². The van der Waals surface area contributed by atoms with Gasteiger partial charge in [-0.05, 0) is 55.1 Å². The number of piperidine rings is 1. The van der Waals surface area contributed by atoms with Crippen molar-refractivity contribution in [1.29, 1.82) is 0 Å². The molecule has 1 aliphatic rings. The Bertz CT molecular complexity index is 851. The van der Waals surface area contributed by atoms with E-state index in [1.807, 2.05) is 0 Å². The van der Waals surface area contributed by atoms with Crippen molar-refractivity contribution >= 4 is 29.2 Å². The molecule has 0 spiro atoms. The Morgan fingerprint density at radius 3 is 2.28 bits per heavy atom. The average molecular weight is 446 g/mol. The summed E-state index contributed by atoms with van der Waals surface area (Å²) in [6.45, 7) is 1.04. The van der Waals surface area contributed by atoms with Crippen molar-refractivity contribution in [2.24, 2.45) is 5.92 Å². The van der Waals surface area contributed by atoms with E-state index in [1.165, 1.54) is 12.1 Å². The molecule has 1 heterocycles. The van der Waals surface area contributed by atoms with Gasteiger partial charge in [-0.3, -0.25) is 9.69 Å². The van der Waals surface area contributed by atoms with Gasteiger partial charge in [0.2, 0.25) is 0 Å². The molecule has 1 saturated heterocycles. The monoisotopic (exact) mass is 445 g/mol. The van der Waals surface area contributed by atoms with Crippen LogP contribution in [0.5, 0.6) is 0 Å². The highest BCUT2D eigenvalue weighted by Gasteiger charge is 2.33. The van der Waals surface area contributed by atoms with Crippen LogP contribution in [0, 0.1) is 5.92 Å². The maximum absolute atomic E-state index is 12.9. The molecule has 3 nitrogen and oxygen atoms in total. The largest absolute Gasteiger partial charge is 0.481 e. The second kappa shape index (κ2) is 8.94. The van der Waals surface area contributed by atoms with Crippen LogP contribution in [-0.2, 0) is 17.5 Å². The SMILES string of the molecule is O=C(O)C[C@@H]1CCN(Cc2c(Cl)cccc2Cl)[C@H](c2ccc(C(F)(F)F)cc2)C1. The van der Waals surface area contributed by atoms with E-state index in [0.29, 0.717) is 36.0 Å². The van der Waals surface area contributed by atoms with E-state index in [0.717, 1.165) is 23.3 Å². The first-order valence-corrected chi connectivity index (χ1v) is 9.96. The molecule has 8 heteroatoms. The van der Waals surface area contributed by atoms with Gasteiger partial charge in [-0.1, -0.05) is 41.4 Å². The second-order valence-electron chi connectivity index (χ2n) is 7.29. The van der Waals surface area contributed by atoms with Gasteiger partial charge < -0.3 is 5.11 Å². The van der Waals surface area contributed by atoms with Crippen LogP contribution in [0.2, 0.25) is 10.0 Å². The van der Waals surface area contributed by atoms with E-state index in [2.05, 4.69) is 4.90 Å². The van der Waals surface area contributed by atoms with Crippen LogP contribution in [0.15, 0.2) is 42.5 Å². The fraction of sp³-hybridized carbons (Fsp3) is 0.381. The summed E-state index contributed by atoms with van der Waals surface area (Å²) in [4.78, 5) is 13.3. The van der Waals surface area contributed by atoms with Gasteiger partial charge in [0, 0.05) is 34.6 Å². The summed E-state index contributed by atoms with van der Waals surface area (Å²) in [5.41, 5.74) is 0.764. The summed E-state index contributed by atoms with van der Waals surface area (Å²) in [7, 11) is 0. The van der Waals surface area contributed by atoms with Gasteiger partial charge in [0.1, 0.15) is 0 Å². The zero-order chi connectivity index (χ0) is 21.2. The van der Waals surface area contributed by atoms with Gasteiger partial charge in [0.05, 0.1) is 5.56 Å². The molecule has 2 atom stereocenters. The molecule has 2 aromatic carbocycles. The fourth-order valence-electron chi connectivity index (χ4n) is 3.84. The molecular formula is C21H20Cl2F3NO2. The van der Waals surface area contributed by atoms with Crippen LogP contribution < -0.4 is 0 Å². The topological polar surface area (TPSA) is 40.5 Å². The highest BCUT2D eigenvalue weighted by Crippen LogP contribution is 2.39. The van der Waals surface area contributed by atoms with Crippen molar-refractivity contribution in [3.8, 4) is 0 Å². The van der Waals surface area contributed by atoms with E-state index < -0.39 is 17.7 Å². The van der Waals surface area contributed by atoms with Crippen LogP contribution in [0.3, 0.4) is 0 Å². The Kier molecular flexibility index (Phi) is 6.76. The summed E-state index contributed by atoms with van der Waals surface area (Å²) < 4.78 is 38.7. The third kappa shape index (κ3) is 5.44. The molecule has 0 aliphatic carbocycles. The number of nitrogens with zero attached hydrogens (tertiary/aromatic N) is 1. The van der Waals surface area contributed by atoms with Gasteiger partial charge in [-0.15, -0.1) is 0 Å². The molecule has 0 aromatic heterocycles. The number of rotatable bonds is 5. The van der Waals surface area contributed by atoms with Crippen LogP contribution in [0.25, 0.3) is 0 Å². The maximum atomic E-state index is 12.9. The zero-order valence-corrected chi connectivity index (χ0v) is 16.9. The van der Waals surface area contributed by atoms with Crippen molar-refractivity contribution in [1.82, 2.24) is 4.90 Å². The molecule has 156 valence electrons. The van der Waals surface area contributed by atoms with Gasteiger partial charge in [-0.2, -0.15) is 13.2 Å². The number of likely N-dealkylation sites (tertiary alicyclic amines) is 1. The fourth-order valence-corrected chi connectivity index (χ4v) is 4.35. The van der Waals surface area contributed by atoms with Crippen molar-refractivity contribution in [3.05, 3.63) is 69.2 Å². The molecule has 1 aliphatic heterocycles. The molecular weight excluding hydrogens is 426 g/mol. The lowest BCUT2D eigenvalue weighted by atomic mass is 9.84. The first-order valence-electron chi connectivity index (χ1n) is 9.21. The molecule has 0 bridgehead atoms. The number of carboxylic acids is 1. The van der Waals surface area contributed by atoms with Gasteiger partial charge in [0.25, 0.3) is 0 Å². The lowest BCUT2D eigenvalue weighted by molar-refractivity contribution is -0.139. The maximum Gasteiger partial charge on any atom is 0.416 e. The molecule has 0 radical (unpaired) electrons. The van der Waals surface area contributed by atoms with E-state index in [1.54, 1.807) is 18.2 Å². The molecule has 0 amide bonds. The highest BCUT2D eigenvalue weighted by atomic mass is 35.5. The highest BCUT2D eigenvalue weighted by molar-refractivity contribution is 6.35. The molecule has 3 rings (SSSR count). The quantitative estimate of drug-likeness (QED) is 0.575. The molecule has 1 fully saturated rings. The van der Waals surface area contributed by atoms with Crippen LogP contribution >= 0.6 is 23.2 Å². The molecule has 29 heavy (non-hydrogen) atoms. The van der Waals surface area contributed by atoms with Crippen LogP contribution in [0.1, 0.15) is 42.0 Å². The zero-order valence-electron chi connectivity index (χ0n) is 15.4. The minimum absolute atomic E-state index is 0.0395. The van der Waals surface area contributed by atoms with E-state index in [-0.39, 0.29) is 18.4 Å². The normalized spacial score (nSPS) is 20.6. The first-order chi connectivity index (χ1) is 13.6. The predicted octanol–water partition coefficient (Wildman–Crippen LogP) is 6.44. The minimum atomic E-state index is -4.40. The average Bonchev–Trinajstić information content (AvgIpc) is 2.64. The Morgan fingerprint density at radius 1 is 1.10 bits per heavy atom. The number of alkyl halides is 3. The van der Waals surface area contributed by atoms with Crippen molar-refractivity contribution in [2.45, 2.75) is 38.0 Å². The first kappa shape index (κ1) is 21.9. The lowest BCUT2D eigenvalue weighted by Gasteiger charge is -2.40. The number of carboxylic acid groups (broad SMARTS) is 1. The van der Waals surface area contributed by atoms with E-state index >= 15 is 0 Å². The number of benzene rings is 2. The molecule has 0 saturated carbocycles. The van der Waals surface area contributed by atoms with Gasteiger partial charge in [0.15, 0.2) is 0 Å². The van der Waals surface area contributed by atoms with Gasteiger partial charge >= 0.3 is 12.1 Å². The summed E-state index contributed by atoms with van der Waals surface area (Å²) in [5.74, 6) is -0.915. The Balaban J connectivity index is 1.89. The van der Waals surface area contributed by atoms with Crippen molar-refractivity contribution in [2.75, 3.05) is 6.54 Å². The number of halogens is 5. The Labute approximate surface area is 177 Å². The van der Waals surface area contributed by atoms with Crippen LogP contribution in [-0.4, -0.2) is 22.5 Å². The second-order valence-corrected chi connectivity index (χ2v) is 8.11. The van der Waals surface area contributed by atoms with Crippen molar-refractivity contribution < 1.29 is 23.1 Å². The molecule has 2 aromatic rings. The van der Waals surface area contributed by atoms with Gasteiger partial charge in [-0.25, -0.2) is 0 Å². The molecule has 0 unspecified atom stereocenters. The number of carbonyl (C=O) groups is 1. The summed E-state index contributed by atoms with van der Waals surface area (Å²) in [5, 5.41) is 10.2. The van der Waals surface area contributed by atoms with Crippen molar-refractivity contribution in [3.63, 3.8) is 0 Å². The van der Waals surface area contributed by atoms with E-state index in [9.17, 15) is 18.0 Å². The Hall–Kier alpha value is -1.76. The third-order valence-electron chi connectivity index (χ3n) is 5.33. The van der Waals surface area contributed by atoms with Crippen LogP contribution in [0.4, 0.5) is 13.2 Å². The smallest absolute Gasteiger partial charge is 0.416 e. The standard InChI is InChI=1S/C21H20Cl2F3NO2/c22-17-2-1-3-18(23)16(17)12-27-9-8-13(11-20(28)29)10-19(27)14-4-6-15(7-5-14)21(24,25)26/h1-7,13,19H,8-12H2,(H,28,29)/t13-,19+/m1/s1. The molecule has 1 N–H and O–H groups in total. The third-order valence-corrected chi connectivity index (χ3v) is 6.04. The summed E-state index contributed by atoms with van der Waals surface area (Å²) >= 11 is 12.6. The summed E-state index contributed by atoms with van der Waals surface area (Å²) in [6, 6.07) is 10.1. The Morgan fingerprint density at radius 2 is 1.72 bits per heavy atom. The number of hydrogen-bond acceptors (Lipinski definition) is 2. The number of aliphatic carboxylic acids is 1. The minimum Gasteiger partial charge on any atom is -0.481 e.